The minimum absolute atomic E-state index is 0.387. The average molecular weight is 247 g/mol. The lowest BCUT2D eigenvalue weighted by molar-refractivity contribution is 0.188. The van der Waals surface area contributed by atoms with Gasteiger partial charge in [-0.05, 0) is 25.5 Å². The van der Waals surface area contributed by atoms with Crippen LogP contribution in [0.2, 0.25) is 0 Å². The van der Waals surface area contributed by atoms with Crippen molar-refractivity contribution in [2.24, 2.45) is 0 Å². The summed E-state index contributed by atoms with van der Waals surface area (Å²) in [7, 11) is 0. The number of benzene rings is 1. The van der Waals surface area contributed by atoms with E-state index in [1.54, 1.807) is 31.2 Å². The molecule has 5 heteroatoms. The van der Waals surface area contributed by atoms with Gasteiger partial charge in [-0.1, -0.05) is 23.9 Å². The third kappa shape index (κ3) is 4.81. The van der Waals surface area contributed by atoms with E-state index >= 15 is 0 Å². The molecule has 0 aliphatic carbocycles. The summed E-state index contributed by atoms with van der Waals surface area (Å²) in [6.45, 7) is 2.26. The van der Waals surface area contributed by atoms with Gasteiger partial charge in [-0.15, -0.1) is 0 Å². The topological polar surface area (TPSA) is 32.3 Å². The van der Waals surface area contributed by atoms with Gasteiger partial charge in [0.1, 0.15) is 0 Å². The number of alkyl halides is 2. The number of para-hydroxylation sites is 1. The van der Waals surface area contributed by atoms with Crippen molar-refractivity contribution in [3.05, 3.63) is 24.3 Å². The van der Waals surface area contributed by atoms with Gasteiger partial charge in [0.25, 0.3) is 5.76 Å². The van der Waals surface area contributed by atoms with Crippen molar-refractivity contribution < 1.29 is 13.9 Å². The van der Waals surface area contributed by atoms with E-state index in [9.17, 15) is 8.78 Å². The number of aliphatic hydroxyl groups is 1. The monoisotopic (exact) mass is 247 g/mol. The SMILES string of the molecule is CC(O)CCNc1ccccc1SC(F)F. The Morgan fingerprint density at radius 3 is 2.69 bits per heavy atom. The van der Waals surface area contributed by atoms with E-state index in [4.69, 9.17) is 5.11 Å². The molecule has 1 unspecified atom stereocenters. The van der Waals surface area contributed by atoms with Gasteiger partial charge in [-0.3, -0.25) is 0 Å². The Morgan fingerprint density at radius 2 is 2.06 bits per heavy atom. The van der Waals surface area contributed by atoms with Gasteiger partial charge in [0.2, 0.25) is 0 Å². The van der Waals surface area contributed by atoms with Crippen molar-refractivity contribution in [1.29, 1.82) is 0 Å². The molecule has 0 aromatic heterocycles. The van der Waals surface area contributed by atoms with Crippen LogP contribution < -0.4 is 5.32 Å². The second kappa shape index (κ2) is 6.70. The first-order valence-corrected chi connectivity index (χ1v) is 5.93. The van der Waals surface area contributed by atoms with Crippen LogP contribution in [0.25, 0.3) is 0 Å². The summed E-state index contributed by atoms with van der Waals surface area (Å²) in [5.41, 5.74) is 0.688. The lowest BCUT2D eigenvalue weighted by Crippen LogP contribution is -2.10. The standard InChI is InChI=1S/C11H15F2NOS/c1-8(15)6-7-14-9-4-2-3-5-10(9)16-11(12)13/h2-5,8,11,14-15H,6-7H2,1H3. The predicted octanol–water partition coefficient (Wildman–Crippen LogP) is 3.18. The van der Waals surface area contributed by atoms with Crippen LogP contribution in [-0.4, -0.2) is 23.5 Å². The van der Waals surface area contributed by atoms with Crippen molar-refractivity contribution in [3.63, 3.8) is 0 Å². The highest BCUT2D eigenvalue weighted by molar-refractivity contribution is 7.99. The van der Waals surface area contributed by atoms with Gasteiger partial charge in [0.15, 0.2) is 0 Å². The third-order valence-electron chi connectivity index (χ3n) is 1.98. The normalized spacial score (nSPS) is 12.8. The minimum atomic E-state index is -2.42. The van der Waals surface area contributed by atoms with E-state index in [0.717, 1.165) is 0 Å². The first-order chi connectivity index (χ1) is 7.59. The van der Waals surface area contributed by atoms with Crippen molar-refractivity contribution in [3.8, 4) is 0 Å². The van der Waals surface area contributed by atoms with E-state index in [1.165, 1.54) is 0 Å². The fourth-order valence-electron chi connectivity index (χ4n) is 1.23. The molecule has 0 saturated heterocycles. The Kier molecular flexibility index (Phi) is 5.55. The van der Waals surface area contributed by atoms with E-state index < -0.39 is 5.76 Å². The van der Waals surface area contributed by atoms with Crippen LogP contribution in [0.1, 0.15) is 13.3 Å². The zero-order valence-electron chi connectivity index (χ0n) is 8.99. The molecule has 0 aliphatic rings. The fraction of sp³-hybridized carbons (Fsp3) is 0.455. The molecule has 0 amide bonds. The summed E-state index contributed by atoms with van der Waals surface area (Å²) in [4.78, 5) is 0.531. The lowest BCUT2D eigenvalue weighted by atomic mass is 10.2. The number of rotatable bonds is 6. The average Bonchev–Trinajstić information content (AvgIpc) is 2.19. The number of hydrogen-bond acceptors (Lipinski definition) is 3. The molecule has 1 aromatic rings. The molecule has 0 spiro atoms. The molecule has 1 aromatic carbocycles. The van der Waals surface area contributed by atoms with Crippen LogP contribution >= 0.6 is 11.8 Å². The molecule has 0 saturated carbocycles. The second-order valence-corrected chi connectivity index (χ2v) is 4.47. The summed E-state index contributed by atoms with van der Waals surface area (Å²) in [6, 6.07) is 6.93. The highest BCUT2D eigenvalue weighted by Gasteiger charge is 2.09. The second-order valence-electron chi connectivity index (χ2n) is 3.44. The van der Waals surface area contributed by atoms with Gasteiger partial charge in [0.05, 0.1) is 6.10 Å². The van der Waals surface area contributed by atoms with Crippen LogP contribution in [-0.2, 0) is 0 Å². The number of anilines is 1. The summed E-state index contributed by atoms with van der Waals surface area (Å²) >= 11 is 0.526. The van der Waals surface area contributed by atoms with Gasteiger partial charge < -0.3 is 10.4 Å². The number of nitrogens with one attached hydrogen (secondary N) is 1. The Labute approximate surface area is 98.1 Å². The van der Waals surface area contributed by atoms with Crippen molar-refractivity contribution >= 4 is 17.4 Å². The smallest absolute Gasteiger partial charge is 0.288 e. The molecule has 1 atom stereocenters. The number of hydrogen-bond donors (Lipinski definition) is 2. The van der Waals surface area contributed by atoms with E-state index in [-0.39, 0.29) is 6.10 Å². The molecule has 0 radical (unpaired) electrons. The molecule has 90 valence electrons. The van der Waals surface area contributed by atoms with Gasteiger partial charge in [-0.25, -0.2) is 0 Å². The molecule has 0 fully saturated rings. The largest absolute Gasteiger partial charge is 0.393 e. The molecule has 2 nitrogen and oxygen atoms in total. The maximum absolute atomic E-state index is 12.2. The van der Waals surface area contributed by atoms with Crippen LogP contribution in [0.5, 0.6) is 0 Å². The maximum atomic E-state index is 12.2. The maximum Gasteiger partial charge on any atom is 0.288 e. The summed E-state index contributed by atoms with van der Waals surface area (Å²) < 4.78 is 24.5. The third-order valence-corrected chi connectivity index (χ3v) is 2.77. The molecular weight excluding hydrogens is 232 g/mol. The number of aliphatic hydroxyl groups excluding tert-OH is 1. The molecule has 2 N–H and O–H groups in total. The van der Waals surface area contributed by atoms with Crippen LogP contribution in [0.3, 0.4) is 0 Å². The highest BCUT2D eigenvalue weighted by atomic mass is 32.2. The molecule has 16 heavy (non-hydrogen) atoms. The summed E-state index contributed by atoms with van der Waals surface area (Å²) in [5.74, 6) is -2.42. The number of thioether (sulfide) groups is 1. The van der Waals surface area contributed by atoms with Crippen LogP contribution in [0.4, 0.5) is 14.5 Å². The zero-order chi connectivity index (χ0) is 12.0. The Bertz CT molecular complexity index is 321. The highest BCUT2D eigenvalue weighted by Crippen LogP contribution is 2.31. The lowest BCUT2D eigenvalue weighted by Gasteiger charge is -2.11. The van der Waals surface area contributed by atoms with Crippen molar-refractivity contribution in [2.45, 2.75) is 30.1 Å². The first-order valence-electron chi connectivity index (χ1n) is 5.05. The Hall–Kier alpha value is -0.810. The van der Waals surface area contributed by atoms with Crippen LogP contribution in [0.15, 0.2) is 29.2 Å². The zero-order valence-corrected chi connectivity index (χ0v) is 9.81. The molecule has 0 aliphatic heterocycles. The molecular formula is C11H15F2NOS. The van der Waals surface area contributed by atoms with E-state index in [0.29, 0.717) is 35.3 Å². The fourth-order valence-corrected chi connectivity index (χ4v) is 1.84. The summed E-state index contributed by atoms with van der Waals surface area (Å²) in [5, 5.41) is 12.1. The molecule has 0 bridgehead atoms. The van der Waals surface area contributed by atoms with E-state index in [1.807, 2.05) is 0 Å². The van der Waals surface area contributed by atoms with Gasteiger partial charge >= 0.3 is 0 Å². The quantitative estimate of drug-likeness (QED) is 0.757. The van der Waals surface area contributed by atoms with Crippen LogP contribution in [0, 0.1) is 0 Å². The number of halogens is 2. The van der Waals surface area contributed by atoms with E-state index in [2.05, 4.69) is 5.32 Å². The van der Waals surface area contributed by atoms with Crippen molar-refractivity contribution in [1.82, 2.24) is 0 Å². The molecule has 0 heterocycles. The van der Waals surface area contributed by atoms with Gasteiger partial charge in [0, 0.05) is 17.1 Å². The predicted molar refractivity (Wildman–Crippen MR) is 63.1 cm³/mol. The summed E-state index contributed by atoms with van der Waals surface area (Å²) in [6.07, 6.45) is 0.204. The minimum Gasteiger partial charge on any atom is -0.393 e. The first kappa shape index (κ1) is 13.3. The Balaban J connectivity index is 2.56. The molecule has 1 rings (SSSR count). The van der Waals surface area contributed by atoms with Gasteiger partial charge in [-0.2, -0.15) is 8.78 Å². The Morgan fingerprint density at radius 1 is 1.38 bits per heavy atom. The van der Waals surface area contributed by atoms with Crippen molar-refractivity contribution in [2.75, 3.05) is 11.9 Å².